The van der Waals surface area contributed by atoms with Gasteiger partial charge in [-0.1, -0.05) is 30.3 Å². The average molecular weight is 452 g/mol. The van der Waals surface area contributed by atoms with Gasteiger partial charge in [-0.2, -0.15) is 0 Å². The number of anilines is 1. The standard InChI is InChI=1S/C24H25N3O4S/c1-16(18-4-8-22(28)9-5-18)26-24(29)27-21-6-10-23(11-7-21)32(30,31)15-17-2-3-19-13-25-14-20(19)12-17/h2-12,16,25,28H,13-15H2,1H3,(H2,26,27,29). The Bertz CT molecular complexity index is 1220. The first-order valence-electron chi connectivity index (χ1n) is 10.3. The van der Waals surface area contributed by atoms with E-state index >= 15 is 0 Å². The van der Waals surface area contributed by atoms with E-state index in [-0.39, 0.29) is 22.4 Å². The highest BCUT2D eigenvalue weighted by molar-refractivity contribution is 7.90. The van der Waals surface area contributed by atoms with Crippen molar-refractivity contribution in [1.82, 2.24) is 10.6 Å². The predicted molar refractivity (Wildman–Crippen MR) is 123 cm³/mol. The quantitative estimate of drug-likeness (QED) is 0.455. The molecular weight excluding hydrogens is 426 g/mol. The van der Waals surface area contributed by atoms with Crippen molar-refractivity contribution >= 4 is 21.6 Å². The molecule has 1 aliphatic heterocycles. The Balaban J connectivity index is 1.37. The molecule has 0 aliphatic carbocycles. The number of nitrogens with one attached hydrogen (secondary N) is 3. The van der Waals surface area contributed by atoms with Crippen molar-refractivity contribution in [1.29, 1.82) is 0 Å². The summed E-state index contributed by atoms with van der Waals surface area (Å²) in [6, 6.07) is 17.8. The maximum Gasteiger partial charge on any atom is 0.319 e. The summed E-state index contributed by atoms with van der Waals surface area (Å²) in [5.74, 6) is 0.0890. The van der Waals surface area contributed by atoms with E-state index in [2.05, 4.69) is 16.0 Å². The highest BCUT2D eigenvalue weighted by atomic mass is 32.2. The number of hydrogen-bond acceptors (Lipinski definition) is 5. The second-order valence-electron chi connectivity index (χ2n) is 7.90. The largest absolute Gasteiger partial charge is 0.508 e. The zero-order chi connectivity index (χ0) is 22.7. The van der Waals surface area contributed by atoms with Gasteiger partial charge < -0.3 is 21.1 Å². The molecule has 166 valence electrons. The topological polar surface area (TPSA) is 108 Å². The second-order valence-corrected chi connectivity index (χ2v) is 9.89. The van der Waals surface area contributed by atoms with E-state index in [1.807, 2.05) is 25.1 Å². The summed E-state index contributed by atoms with van der Waals surface area (Å²) >= 11 is 0. The number of amides is 2. The Morgan fingerprint density at radius 2 is 1.69 bits per heavy atom. The molecular formula is C24H25N3O4S. The Labute approximate surface area is 187 Å². The van der Waals surface area contributed by atoms with Gasteiger partial charge in [-0.25, -0.2) is 13.2 Å². The number of hydrogen-bond donors (Lipinski definition) is 4. The van der Waals surface area contributed by atoms with Gasteiger partial charge in [-0.05, 0) is 65.6 Å². The molecule has 1 atom stereocenters. The minimum Gasteiger partial charge on any atom is -0.508 e. The molecule has 4 rings (SSSR count). The first-order valence-corrected chi connectivity index (χ1v) is 12.0. The summed E-state index contributed by atoms with van der Waals surface area (Å²) in [7, 11) is -3.50. The number of carbonyl (C=O) groups excluding carboxylic acids is 1. The molecule has 1 unspecified atom stereocenters. The molecule has 0 saturated carbocycles. The van der Waals surface area contributed by atoms with Gasteiger partial charge in [-0.15, -0.1) is 0 Å². The number of sulfone groups is 1. The van der Waals surface area contributed by atoms with Gasteiger partial charge >= 0.3 is 6.03 Å². The lowest BCUT2D eigenvalue weighted by Crippen LogP contribution is -2.31. The second kappa shape index (κ2) is 9.02. The van der Waals surface area contributed by atoms with Crippen LogP contribution in [0.4, 0.5) is 10.5 Å². The average Bonchev–Trinajstić information content (AvgIpc) is 3.22. The Hall–Kier alpha value is -3.36. The first-order chi connectivity index (χ1) is 15.3. The van der Waals surface area contributed by atoms with Crippen molar-refractivity contribution in [2.24, 2.45) is 0 Å². The third-order valence-electron chi connectivity index (χ3n) is 5.47. The SMILES string of the molecule is CC(NC(=O)Nc1ccc(S(=O)(=O)Cc2ccc3c(c2)CNC3)cc1)c1ccc(O)cc1. The smallest absolute Gasteiger partial charge is 0.319 e. The van der Waals surface area contributed by atoms with Crippen molar-refractivity contribution < 1.29 is 18.3 Å². The zero-order valence-electron chi connectivity index (χ0n) is 17.6. The fourth-order valence-corrected chi connectivity index (χ4v) is 5.03. The minimum atomic E-state index is -3.50. The third-order valence-corrected chi connectivity index (χ3v) is 7.17. The summed E-state index contributed by atoms with van der Waals surface area (Å²) in [5, 5.41) is 18.1. The number of rotatable bonds is 6. The molecule has 3 aromatic carbocycles. The van der Waals surface area contributed by atoms with Crippen molar-refractivity contribution in [3.05, 3.63) is 89.0 Å². The van der Waals surface area contributed by atoms with Gasteiger partial charge in [0.15, 0.2) is 9.84 Å². The molecule has 0 bridgehead atoms. The third kappa shape index (κ3) is 5.09. The van der Waals surface area contributed by atoms with Crippen molar-refractivity contribution in [3.8, 4) is 5.75 Å². The fraction of sp³-hybridized carbons (Fsp3) is 0.208. The number of aromatic hydroxyl groups is 1. The molecule has 1 aliphatic rings. The molecule has 0 spiro atoms. The predicted octanol–water partition coefficient (Wildman–Crippen LogP) is 3.85. The zero-order valence-corrected chi connectivity index (χ0v) is 18.4. The molecule has 0 aromatic heterocycles. The lowest BCUT2D eigenvalue weighted by atomic mass is 10.1. The molecule has 0 fully saturated rings. The Morgan fingerprint density at radius 1 is 1.00 bits per heavy atom. The van der Waals surface area contributed by atoms with Gasteiger partial charge in [0.1, 0.15) is 5.75 Å². The van der Waals surface area contributed by atoms with E-state index in [4.69, 9.17) is 0 Å². The first kappa shape index (κ1) is 21.9. The maximum atomic E-state index is 12.8. The number of phenols is 1. The summed E-state index contributed by atoms with van der Waals surface area (Å²) < 4.78 is 25.7. The van der Waals surface area contributed by atoms with Crippen LogP contribution in [0.2, 0.25) is 0 Å². The van der Waals surface area contributed by atoms with Crippen molar-refractivity contribution in [2.75, 3.05) is 5.32 Å². The van der Waals surface area contributed by atoms with Gasteiger partial charge in [0.2, 0.25) is 0 Å². The van der Waals surface area contributed by atoms with E-state index in [0.29, 0.717) is 5.69 Å². The van der Waals surface area contributed by atoms with Crippen LogP contribution >= 0.6 is 0 Å². The molecule has 0 radical (unpaired) electrons. The monoisotopic (exact) mass is 451 g/mol. The molecule has 4 N–H and O–H groups in total. The van der Waals surface area contributed by atoms with Gasteiger partial charge in [-0.3, -0.25) is 0 Å². The van der Waals surface area contributed by atoms with Crippen LogP contribution in [0.25, 0.3) is 0 Å². The van der Waals surface area contributed by atoms with Crippen LogP contribution in [0.15, 0.2) is 71.6 Å². The molecule has 7 nitrogen and oxygen atoms in total. The summed E-state index contributed by atoms with van der Waals surface area (Å²) in [6.07, 6.45) is 0. The van der Waals surface area contributed by atoms with Crippen LogP contribution in [0.5, 0.6) is 5.75 Å². The van der Waals surface area contributed by atoms with E-state index in [1.165, 1.54) is 17.7 Å². The van der Waals surface area contributed by atoms with Crippen LogP contribution in [-0.4, -0.2) is 19.6 Å². The van der Waals surface area contributed by atoms with Crippen LogP contribution in [0.3, 0.4) is 0 Å². The fourth-order valence-electron chi connectivity index (χ4n) is 3.70. The van der Waals surface area contributed by atoms with Gasteiger partial charge in [0, 0.05) is 18.8 Å². The van der Waals surface area contributed by atoms with Crippen molar-refractivity contribution in [3.63, 3.8) is 0 Å². The Morgan fingerprint density at radius 3 is 2.41 bits per heavy atom. The molecule has 8 heteroatoms. The summed E-state index contributed by atoms with van der Waals surface area (Å²) in [4.78, 5) is 12.5. The number of carbonyl (C=O) groups is 1. The van der Waals surface area contributed by atoms with E-state index in [0.717, 1.165) is 29.8 Å². The van der Waals surface area contributed by atoms with E-state index in [1.54, 1.807) is 36.4 Å². The van der Waals surface area contributed by atoms with Crippen LogP contribution in [0, 0.1) is 0 Å². The van der Waals surface area contributed by atoms with Crippen LogP contribution in [-0.2, 0) is 28.7 Å². The van der Waals surface area contributed by atoms with E-state index < -0.39 is 15.9 Å². The maximum absolute atomic E-state index is 12.8. The molecule has 1 heterocycles. The molecule has 3 aromatic rings. The highest BCUT2D eigenvalue weighted by Crippen LogP contribution is 2.23. The summed E-state index contributed by atoms with van der Waals surface area (Å²) in [5.41, 5.74) is 4.45. The minimum absolute atomic E-state index is 0.0717. The molecule has 2 amide bonds. The summed E-state index contributed by atoms with van der Waals surface area (Å²) in [6.45, 7) is 3.41. The van der Waals surface area contributed by atoms with Gasteiger partial charge in [0.05, 0.1) is 16.7 Å². The number of urea groups is 1. The molecule has 32 heavy (non-hydrogen) atoms. The Kier molecular flexibility index (Phi) is 6.16. The van der Waals surface area contributed by atoms with Gasteiger partial charge in [0.25, 0.3) is 0 Å². The van der Waals surface area contributed by atoms with Crippen LogP contribution < -0.4 is 16.0 Å². The van der Waals surface area contributed by atoms with E-state index in [9.17, 15) is 18.3 Å². The van der Waals surface area contributed by atoms with Crippen LogP contribution in [0.1, 0.15) is 35.2 Å². The number of benzene rings is 3. The van der Waals surface area contributed by atoms with Crippen molar-refractivity contribution in [2.45, 2.75) is 36.7 Å². The number of phenolic OH excluding ortho intramolecular Hbond substituents is 1. The lowest BCUT2D eigenvalue weighted by molar-refractivity contribution is 0.249. The number of fused-ring (bicyclic) bond motifs is 1. The molecule has 0 saturated heterocycles. The highest BCUT2D eigenvalue weighted by Gasteiger charge is 2.18. The lowest BCUT2D eigenvalue weighted by Gasteiger charge is -2.15. The normalized spacial score (nSPS) is 13.9.